The highest BCUT2D eigenvalue weighted by Crippen LogP contribution is 2.32. The molecule has 0 aliphatic rings. The highest BCUT2D eigenvalue weighted by molar-refractivity contribution is 6.15. The highest BCUT2D eigenvalue weighted by atomic mass is 19.4. The summed E-state index contributed by atoms with van der Waals surface area (Å²) in [6, 6.07) is 9.33. The van der Waals surface area contributed by atoms with Crippen molar-refractivity contribution < 1.29 is 32.2 Å². The van der Waals surface area contributed by atoms with Crippen molar-refractivity contribution in [1.82, 2.24) is 15.0 Å². The van der Waals surface area contributed by atoms with Crippen LogP contribution in [-0.4, -0.2) is 40.0 Å². The molecule has 174 valence electrons. The molecule has 2 N–H and O–H groups in total. The second kappa shape index (κ2) is 9.72. The number of halogens is 3. The number of ether oxygens (including phenoxy) is 2. The predicted molar refractivity (Wildman–Crippen MR) is 112 cm³/mol. The maximum Gasteiger partial charge on any atom is 0.416 e. The lowest BCUT2D eigenvalue weighted by atomic mass is 10.0. The average molecular weight is 462 g/mol. The molecule has 0 saturated heterocycles. The van der Waals surface area contributed by atoms with Crippen LogP contribution in [0.4, 0.5) is 18.9 Å². The van der Waals surface area contributed by atoms with E-state index in [0.717, 1.165) is 12.1 Å². The number of anilines is 1. The van der Waals surface area contributed by atoms with Crippen molar-refractivity contribution in [3.8, 4) is 5.75 Å². The molecule has 0 bridgehead atoms. The molecule has 3 rings (SSSR count). The maximum atomic E-state index is 13.3. The first-order chi connectivity index (χ1) is 15.7. The first-order valence-corrected chi connectivity index (χ1v) is 9.99. The number of hydrogen-bond donors (Lipinski definition) is 1. The number of nitrogens with two attached hydrogens (primary N) is 1. The lowest BCUT2D eigenvalue weighted by Crippen LogP contribution is -2.18. The predicted octanol–water partition coefficient (Wildman–Crippen LogP) is 3.73. The van der Waals surface area contributed by atoms with Crippen LogP contribution in [0.15, 0.2) is 42.5 Å². The van der Waals surface area contributed by atoms with Gasteiger partial charge in [0.25, 0.3) is 0 Å². The summed E-state index contributed by atoms with van der Waals surface area (Å²) in [5.74, 6) is -1.04. The lowest BCUT2D eigenvalue weighted by molar-refractivity contribution is -0.137. The summed E-state index contributed by atoms with van der Waals surface area (Å²) in [7, 11) is 0. The summed E-state index contributed by atoms with van der Waals surface area (Å²) < 4.78 is 50.5. The zero-order valence-corrected chi connectivity index (χ0v) is 17.8. The van der Waals surface area contributed by atoms with Crippen molar-refractivity contribution in [3.63, 3.8) is 0 Å². The molecular formula is C22H21F3N4O4. The van der Waals surface area contributed by atoms with Crippen LogP contribution in [-0.2, 0) is 17.5 Å². The van der Waals surface area contributed by atoms with Crippen LogP contribution in [0.3, 0.4) is 0 Å². The lowest BCUT2D eigenvalue weighted by Gasteiger charge is -2.12. The Bertz CT molecular complexity index is 1160. The van der Waals surface area contributed by atoms with E-state index in [1.807, 2.05) is 6.92 Å². The van der Waals surface area contributed by atoms with Gasteiger partial charge in [0.1, 0.15) is 11.4 Å². The molecule has 33 heavy (non-hydrogen) atoms. The van der Waals surface area contributed by atoms with E-state index in [1.54, 1.807) is 31.2 Å². The number of benzene rings is 2. The Morgan fingerprint density at radius 2 is 1.76 bits per heavy atom. The van der Waals surface area contributed by atoms with Gasteiger partial charge in [-0.05, 0) is 49.7 Å². The minimum absolute atomic E-state index is 0.0284. The number of alkyl halides is 3. The molecule has 0 unspecified atom stereocenters. The number of hydrogen-bond acceptors (Lipinski definition) is 7. The highest BCUT2D eigenvalue weighted by Gasteiger charge is 2.33. The van der Waals surface area contributed by atoms with Gasteiger partial charge in [0, 0.05) is 11.3 Å². The van der Waals surface area contributed by atoms with Crippen molar-refractivity contribution in [1.29, 1.82) is 0 Å². The normalized spacial score (nSPS) is 11.3. The summed E-state index contributed by atoms with van der Waals surface area (Å²) in [5.41, 5.74) is 4.27. The van der Waals surface area contributed by atoms with E-state index in [4.69, 9.17) is 15.2 Å². The molecule has 0 fully saturated rings. The molecule has 0 spiro atoms. The number of ketones is 1. The Labute approximate surface area is 187 Å². The molecule has 2 aromatic carbocycles. The summed E-state index contributed by atoms with van der Waals surface area (Å²) in [6.45, 7) is 4.02. The van der Waals surface area contributed by atoms with E-state index in [9.17, 15) is 22.8 Å². The first kappa shape index (κ1) is 23.8. The molecular weight excluding hydrogens is 441 g/mol. The molecule has 0 aliphatic heterocycles. The zero-order valence-electron chi connectivity index (χ0n) is 17.8. The van der Waals surface area contributed by atoms with Gasteiger partial charge in [-0.15, -0.1) is 5.10 Å². The van der Waals surface area contributed by atoms with Gasteiger partial charge in [-0.1, -0.05) is 17.3 Å². The van der Waals surface area contributed by atoms with Gasteiger partial charge in [-0.25, -0.2) is 9.48 Å². The smallest absolute Gasteiger partial charge is 0.416 e. The topological polar surface area (TPSA) is 109 Å². The summed E-state index contributed by atoms with van der Waals surface area (Å²) >= 11 is 0. The van der Waals surface area contributed by atoms with Crippen LogP contribution in [0.1, 0.15) is 51.5 Å². The van der Waals surface area contributed by atoms with E-state index < -0.39 is 29.2 Å². The fourth-order valence-corrected chi connectivity index (χ4v) is 3.09. The Hall–Kier alpha value is -3.89. The average Bonchev–Trinajstić information content (AvgIpc) is 3.18. The Morgan fingerprint density at radius 3 is 2.33 bits per heavy atom. The number of esters is 1. The zero-order chi connectivity index (χ0) is 24.2. The fourth-order valence-electron chi connectivity index (χ4n) is 3.09. The van der Waals surface area contributed by atoms with Gasteiger partial charge >= 0.3 is 12.1 Å². The van der Waals surface area contributed by atoms with Crippen LogP contribution in [0.2, 0.25) is 0 Å². The van der Waals surface area contributed by atoms with Crippen molar-refractivity contribution in [2.45, 2.75) is 26.6 Å². The van der Waals surface area contributed by atoms with E-state index in [1.165, 1.54) is 4.68 Å². The number of carbonyl (C=O) groups is 2. The molecule has 0 radical (unpaired) electrons. The molecule has 8 nitrogen and oxygen atoms in total. The third-order valence-electron chi connectivity index (χ3n) is 4.61. The number of nitrogens with zero attached hydrogens (tertiary/aromatic N) is 3. The molecule has 3 aromatic rings. The van der Waals surface area contributed by atoms with Gasteiger partial charge in [0.15, 0.2) is 0 Å². The second-order valence-corrected chi connectivity index (χ2v) is 6.87. The largest absolute Gasteiger partial charge is 0.494 e. The molecule has 1 aromatic heterocycles. The Balaban J connectivity index is 2.02. The van der Waals surface area contributed by atoms with Crippen molar-refractivity contribution in [2.24, 2.45) is 0 Å². The maximum absolute atomic E-state index is 13.3. The molecule has 0 atom stereocenters. The van der Waals surface area contributed by atoms with Crippen molar-refractivity contribution in [3.05, 3.63) is 70.5 Å². The first-order valence-electron chi connectivity index (χ1n) is 9.99. The van der Waals surface area contributed by atoms with Crippen molar-refractivity contribution in [2.75, 3.05) is 18.9 Å². The van der Waals surface area contributed by atoms with E-state index in [-0.39, 0.29) is 30.1 Å². The van der Waals surface area contributed by atoms with E-state index in [2.05, 4.69) is 10.3 Å². The Kier molecular flexibility index (Phi) is 7.00. The standard InChI is InChI=1S/C22H21F3N4O4/c1-3-32-15-8-5-13(6-9-15)12-29-19(18(27-28-29)21(31)33-4-2)20(30)16-10-7-14(11-17(16)26)22(23,24)25/h5-11H,3-4,12,26H2,1-2H3. The number of aromatic nitrogens is 3. The SMILES string of the molecule is CCOC(=O)c1nnn(Cc2ccc(OCC)cc2)c1C(=O)c1ccc(C(F)(F)F)cc1N. The minimum Gasteiger partial charge on any atom is -0.494 e. The minimum atomic E-state index is -4.62. The third-order valence-corrected chi connectivity index (χ3v) is 4.61. The summed E-state index contributed by atoms with van der Waals surface area (Å²) in [6.07, 6.45) is -4.62. The fraction of sp³-hybridized carbons (Fsp3) is 0.273. The van der Waals surface area contributed by atoms with Gasteiger partial charge < -0.3 is 15.2 Å². The van der Waals surface area contributed by atoms with Crippen molar-refractivity contribution >= 4 is 17.4 Å². The quantitative estimate of drug-likeness (QED) is 0.309. The number of nitrogen functional groups attached to an aromatic ring is 1. The summed E-state index contributed by atoms with van der Waals surface area (Å²) in [4.78, 5) is 25.6. The van der Waals surface area contributed by atoms with Crippen LogP contribution < -0.4 is 10.5 Å². The molecule has 0 amide bonds. The monoisotopic (exact) mass is 462 g/mol. The summed E-state index contributed by atoms with van der Waals surface area (Å²) in [5, 5.41) is 7.68. The van der Waals surface area contributed by atoms with Gasteiger partial charge in [-0.2, -0.15) is 13.2 Å². The molecule has 11 heteroatoms. The van der Waals surface area contributed by atoms with E-state index >= 15 is 0 Å². The number of carbonyl (C=O) groups excluding carboxylic acids is 2. The third kappa shape index (κ3) is 5.30. The molecule has 1 heterocycles. The molecule has 0 saturated carbocycles. The van der Waals surface area contributed by atoms with Crippen LogP contribution in [0, 0.1) is 0 Å². The second-order valence-electron chi connectivity index (χ2n) is 6.87. The number of rotatable bonds is 8. The molecule has 0 aliphatic carbocycles. The van der Waals surface area contributed by atoms with Gasteiger partial charge in [0.05, 0.1) is 25.3 Å². The van der Waals surface area contributed by atoms with Crippen LogP contribution in [0.5, 0.6) is 5.75 Å². The van der Waals surface area contributed by atoms with Crippen LogP contribution in [0.25, 0.3) is 0 Å². The van der Waals surface area contributed by atoms with Gasteiger partial charge in [-0.3, -0.25) is 4.79 Å². The van der Waals surface area contributed by atoms with Gasteiger partial charge in [0.2, 0.25) is 11.5 Å². The van der Waals surface area contributed by atoms with Crippen LogP contribution >= 0.6 is 0 Å². The van der Waals surface area contributed by atoms with E-state index in [0.29, 0.717) is 24.0 Å². The Morgan fingerprint density at radius 1 is 1.06 bits per heavy atom.